The minimum absolute atomic E-state index is 0.00666. The van der Waals surface area contributed by atoms with Crippen LogP contribution < -0.4 is 0 Å². The van der Waals surface area contributed by atoms with Gasteiger partial charge in [0, 0.05) is 32.1 Å². The van der Waals surface area contributed by atoms with Gasteiger partial charge in [0.05, 0.1) is 0 Å². The fraction of sp³-hybridized carbons (Fsp3) is 0.917. The average molecular weight is 405 g/mol. The minimum Gasteiger partial charge on any atom is -0.383 e. The van der Waals surface area contributed by atoms with Crippen molar-refractivity contribution >= 4 is 11.8 Å². The van der Waals surface area contributed by atoms with Gasteiger partial charge in [0.25, 0.3) is 5.91 Å². The molecule has 4 rings (SSSR count). The van der Waals surface area contributed by atoms with Crippen LogP contribution in [-0.2, 0) is 9.59 Å². The van der Waals surface area contributed by atoms with Crippen LogP contribution in [0.3, 0.4) is 0 Å². The van der Waals surface area contributed by atoms with Crippen molar-refractivity contribution in [3.8, 4) is 0 Å². The number of hydrogen-bond acceptors (Lipinski definition) is 3. The maximum absolute atomic E-state index is 13.3. The van der Waals surface area contributed by atoms with Gasteiger partial charge in [-0.05, 0) is 87.4 Å². The van der Waals surface area contributed by atoms with Gasteiger partial charge in [-0.3, -0.25) is 9.59 Å². The van der Waals surface area contributed by atoms with Gasteiger partial charge in [-0.1, -0.05) is 13.8 Å². The Bertz CT molecular complexity index is 677. The summed E-state index contributed by atoms with van der Waals surface area (Å²) < 4.78 is 0. The number of piperidine rings is 1. The zero-order valence-electron chi connectivity index (χ0n) is 19.0. The molecule has 1 heterocycles. The first-order valence-electron chi connectivity index (χ1n) is 11.9. The molecule has 8 atom stereocenters. The van der Waals surface area contributed by atoms with E-state index < -0.39 is 6.10 Å². The number of aliphatic hydroxyl groups excluding tert-OH is 1. The standard InChI is InChI=1S/C24H40N2O3/c1-6-26(7-2)21(28)18-10-9-16-15-8-11-20-24(4,14-19(27)22(29)25(20)5)17(15)12-13-23(16,18)3/h15-20,27H,6-14H2,1-5H3/t15?,16?,17?,18-,19-,20-,23?,24?/m1/s1. The lowest BCUT2D eigenvalue weighted by molar-refractivity contribution is -0.176. The molecule has 3 saturated carbocycles. The molecule has 5 unspecified atom stereocenters. The van der Waals surface area contributed by atoms with Gasteiger partial charge in [0.2, 0.25) is 5.91 Å². The third kappa shape index (κ3) is 2.90. The topological polar surface area (TPSA) is 60.9 Å². The SMILES string of the molecule is CCN(CC)C(=O)[C@H]1CCC2C3CC[C@H]4N(C)C(=O)[C@H](O)CC4(C)C3CCC21C. The van der Waals surface area contributed by atoms with E-state index in [-0.39, 0.29) is 28.7 Å². The van der Waals surface area contributed by atoms with Gasteiger partial charge in [-0.25, -0.2) is 0 Å². The molecule has 2 amide bonds. The fourth-order valence-electron chi connectivity index (χ4n) is 8.41. The highest BCUT2D eigenvalue weighted by Crippen LogP contribution is 2.66. The molecule has 5 nitrogen and oxygen atoms in total. The number of likely N-dealkylation sites (tertiary alicyclic amines) is 1. The summed E-state index contributed by atoms with van der Waals surface area (Å²) in [5.41, 5.74) is 0.104. The van der Waals surface area contributed by atoms with E-state index >= 15 is 0 Å². The first-order chi connectivity index (χ1) is 13.7. The number of carbonyl (C=O) groups is 2. The molecule has 29 heavy (non-hydrogen) atoms. The Labute approximate surface area is 176 Å². The van der Waals surface area contributed by atoms with Crippen LogP contribution in [0.1, 0.15) is 72.6 Å². The Morgan fingerprint density at radius 1 is 1.07 bits per heavy atom. The number of rotatable bonds is 3. The van der Waals surface area contributed by atoms with Crippen LogP contribution in [0.15, 0.2) is 0 Å². The van der Waals surface area contributed by atoms with Crippen molar-refractivity contribution in [1.82, 2.24) is 9.80 Å². The first kappa shape index (κ1) is 21.1. The van der Waals surface area contributed by atoms with Crippen LogP contribution in [0, 0.1) is 34.5 Å². The lowest BCUT2D eigenvalue weighted by Crippen LogP contribution is -2.64. The van der Waals surface area contributed by atoms with E-state index in [0.717, 1.165) is 51.6 Å². The van der Waals surface area contributed by atoms with Crippen molar-refractivity contribution in [1.29, 1.82) is 0 Å². The number of nitrogens with zero attached hydrogens (tertiary/aromatic N) is 2. The Morgan fingerprint density at radius 2 is 1.72 bits per heavy atom. The molecule has 0 aromatic heterocycles. The van der Waals surface area contributed by atoms with E-state index in [4.69, 9.17) is 0 Å². The molecule has 0 spiro atoms. The number of hydrogen-bond donors (Lipinski definition) is 1. The quantitative estimate of drug-likeness (QED) is 0.785. The number of fused-ring (bicyclic) bond motifs is 5. The Morgan fingerprint density at radius 3 is 2.38 bits per heavy atom. The number of aliphatic hydroxyl groups is 1. The van der Waals surface area contributed by atoms with Crippen molar-refractivity contribution in [2.45, 2.75) is 84.8 Å². The molecule has 3 aliphatic carbocycles. The van der Waals surface area contributed by atoms with E-state index in [9.17, 15) is 14.7 Å². The molecule has 0 radical (unpaired) electrons. The molecular weight excluding hydrogens is 364 g/mol. The molecule has 5 heteroatoms. The third-order valence-electron chi connectivity index (χ3n) is 9.93. The highest BCUT2D eigenvalue weighted by Gasteiger charge is 2.63. The van der Waals surface area contributed by atoms with Crippen molar-refractivity contribution < 1.29 is 14.7 Å². The van der Waals surface area contributed by atoms with Gasteiger partial charge in [0.15, 0.2) is 0 Å². The summed E-state index contributed by atoms with van der Waals surface area (Å²) in [5, 5.41) is 10.5. The Balaban J connectivity index is 1.60. The molecule has 164 valence electrons. The third-order valence-corrected chi connectivity index (χ3v) is 9.93. The largest absolute Gasteiger partial charge is 0.383 e. The van der Waals surface area contributed by atoms with Crippen molar-refractivity contribution in [2.75, 3.05) is 20.1 Å². The van der Waals surface area contributed by atoms with Gasteiger partial charge >= 0.3 is 0 Å². The van der Waals surface area contributed by atoms with E-state index in [1.807, 2.05) is 16.8 Å². The highest BCUT2D eigenvalue weighted by atomic mass is 16.3. The lowest BCUT2D eigenvalue weighted by atomic mass is 9.46. The second-order valence-corrected chi connectivity index (χ2v) is 10.8. The molecule has 4 aliphatic rings. The summed E-state index contributed by atoms with van der Waals surface area (Å²) in [4.78, 5) is 29.6. The van der Waals surface area contributed by atoms with Crippen LogP contribution >= 0.6 is 0 Å². The summed E-state index contributed by atoms with van der Waals surface area (Å²) in [7, 11) is 1.88. The average Bonchev–Trinajstić information content (AvgIpc) is 3.04. The van der Waals surface area contributed by atoms with Gasteiger partial charge in [-0.15, -0.1) is 0 Å². The minimum atomic E-state index is -0.853. The number of likely N-dealkylation sites (N-methyl/N-ethyl adjacent to an activating group) is 1. The van der Waals surface area contributed by atoms with Gasteiger partial charge in [-0.2, -0.15) is 0 Å². The first-order valence-corrected chi connectivity index (χ1v) is 11.9. The molecule has 4 fully saturated rings. The van der Waals surface area contributed by atoms with Crippen LogP contribution in [-0.4, -0.2) is 59.0 Å². The second kappa shape index (κ2) is 7.25. The van der Waals surface area contributed by atoms with Crippen molar-refractivity contribution in [3.05, 3.63) is 0 Å². The summed E-state index contributed by atoms with van der Waals surface area (Å²) in [6.07, 6.45) is 6.36. The summed E-state index contributed by atoms with van der Waals surface area (Å²) in [6, 6.07) is 0.249. The zero-order valence-corrected chi connectivity index (χ0v) is 19.0. The van der Waals surface area contributed by atoms with E-state index in [1.54, 1.807) is 0 Å². The fourth-order valence-corrected chi connectivity index (χ4v) is 8.41. The monoisotopic (exact) mass is 404 g/mol. The molecule has 0 aromatic carbocycles. The second-order valence-electron chi connectivity index (χ2n) is 10.8. The molecule has 0 aromatic rings. The molecule has 0 bridgehead atoms. The Hall–Kier alpha value is -1.10. The molecule has 1 N–H and O–H groups in total. The Kier molecular flexibility index (Phi) is 5.28. The molecule has 1 saturated heterocycles. The van der Waals surface area contributed by atoms with Crippen molar-refractivity contribution in [2.24, 2.45) is 34.5 Å². The number of carbonyl (C=O) groups excluding carboxylic acids is 2. The predicted octanol–water partition coefficient (Wildman–Crippen LogP) is 3.31. The van der Waals surface area contributed by atoms with Crippen molar-refractivity contribution in [3.63, 3.8) is 0 Å². The van der Waals surface area contributed by atoms with Crippen LogP contribution in [0.5, 0.6) is 0 Å². The van der Waals surface area contributed by atoms with E-state index in [0.29, 0.717) is 30.1 Å². The van der Waals surface area contributed by atoms with E-state index in [1.165, 1.54) is 0 Å². The normalized spacial score (nSPS) is 46.7. The van der Waals surface area contributed by atoms with E-state index in [2.05, 4.69) is 27.7 Å². The highest BCUT2D eigenvalue weighted by molar-refractivity contribution is 5.82. The maximum Gasteiger partial charge on any atom is 0.251 e. The summed E-state index contributed by atoms with van der Waals surface area (Å²) in [6.45, 7) is 10.5. The van der Waals surface area contributed by atoms with Crippen LogP contribution in [0.2, 0.25) is 0 Å². The molecular formula is C24H40N2O3. The smallest absolute Gasteiger partial charge is 0.251 e. The van der Waals surface area contributed by atoms with Crippen LogP contribution in [0.4, 0.5) is 0 Å². The zero-order chi connectivity index (χ0) is 21.1. The molecule has 1 aliphatic heterocycles. The number of amides is 2. The van der Waals surface area contributed by atoms with Gasteiger partial charge < -0.3 is 14.9 Å². The summed E-state index contributed by atoms with van der Waals surface area (Å²) >= 11 is 0. The maximum atomic E-state index is 13.3. The predicted molar refractivity (Wildman–Crippen MR) is 113 cm³/mol. The van der Waals surface area contributed by atoms with Crippen LogP contribution in [0.25, 0.3) is 0 Å². The summed E-state index contributed by atoms with van der Waals surface area (Å²) in [5.74, 6) is 2.21. The lowest BCUT2D eigenvalue weighted by Gasteiger charge is -2.62. The van der Waals surface area contributed by atoms with Gasteiger partial charge in [0.1, 0.15) is 6.10 Å².